The predicted octanol–water partition coefficient (Wildman–Crippen LogP) is 13.5. The molecular formula is C67H99N4O17+. The molecule has 21 heteroatoms. The highest BCUT2D eigenvalue weighted by atomic mass is 16.6. The summed E-state index contributed by atoms with van der Waals surface area (Å²) in [5.41, 5.74) is -6.05. The van der Waals surface area contributed by atoms with Gasteiger partial charge in [-0.15, -0.1) is 0 Å². The fraction of sp³-hybridized carbons (Fsp3) is 0.627. The second-order valence-corrected chi connectivity index (χ2v) is 29.1. The van der Waals surface area contributed by atoms with Crippen LogP contribution in [-0.4, -0.2) is 126 Å². The Morgan fingerprint density at radius 3 is 1.35 bits per heavy atom. The van der Waals surface area contributed by atoms with Crippen molar-refractivity contribution in [3.05, 3.63) is 95.3 Å². The molecule has 0 spiro atoms. The molecule has 1 aliphatic heterocycles. The highest BCUT2D eigenvalue weighted by Crippen LogP contribution is 2.44. The summed E-state index contributed by atoms with van der Waals surface area (Å²) in [6.07, 6.45) is -2.05. The Morgan fingerprint density at radius 1 is 0.523 bits per heavy atom. The number of cyclic esters (lactones) is 1. The minimum absolute atomic E-state index is 0.0190. The van der Waals surface area contributed by atoms with Crippen LogP contribution in [0.3, 0.4) is 0 Å². The first-order valence-electron chi connectivity index (χ1n) is 30.2. The molecule has 5 amide bonds. The summed E-state index contributed by atoms with van der Waals surface area (Å²) in [6.45, 7) is 34.2. The van der Waals surface area contributed by atoms with E-state index in [0.717, 1.165) is 5.56 Å². The van der Waals surface area contributed by atoms with Gasteiger partial charge in [-0.25, -0.2) is 42.9 Å². The Morgan fingerprint density at radius 2 is 0.920 bits per heavy atom. The number of pyridine rings is 1. The summed E-state index contributed by atoms with van der Waals surface area (Å²) in [4.78, 5) is 117. The fourth-order valence-electron chi connectivity index (χ4n) is 9.45. The van der Waals surface area contributed by atoms with E-state index in [2.05, 4.69) is 0 Å². The maximum Gasteiger partial charge on any atom is 0.420 e. The van der Waals surface area contributed by atoms with E-state index in [1.807, 2.05) is 60.7 Å². The number of hydrogen-bond acceptors (Lipinski definition) is 17. The van der Waals surface area contributed by atoms with Crippen LogP contribution in [0.2, 0.25) is 0 Å². The average Bonchev–Trinajstić information content (AvgIpc) is 0.787. The number of aryl methyl sites for hydroxylation is 2. The standard InChI is InChI=1S/C67H98N4O17/c1-61(2,3)82-54(74)48(70(57(77)85-64(10,11)12)58(78)86-65(13,14)15)38-37-45-41-68(42-50(72)46(45)40-49(55(75)83-62(4,5)6)71(59(79)87-66(16,17)18)60(80)88-67(19,20)21)39-31-23-22-30-36-47-53(73)81-52(44-34-28-25-29-35-44)51(43-32-26-24-27-33-43)69(47)56(76)84-63(7,8)9/h24-29,32-35,41-42,47-49,51-52H,22-23,30-31,36-40H2,1-21H3/p+1/t47-,48-,49-,51-,52+/m0/s1. The quantitative estimate of drug-likeness (QED) is 0.0538. The predicted molar refractivity (Wildman–Crippen MR) is 328 cm³/mol. The van der Waals surface area contributed by atoms with Crippen LogP contribution >= 0.6 is 0 Å². The lowest BCUT2D eigenvalue weighted by Crippen LogP contribution is -2.55. The first-order chi connectivity index (χ1) is 40.2. The summed E-state index contributed by atoms with van der Waals surface area (Å²) in [5, 5.41) is 12.3. The van der Waals surface area contributed by atoms with Crippen LogP contribution < -0.4 is 4.57 Å². The number of aromatic hydroxyl groups is 1. The molecule has 0 unspecified atom stereocenters. The number of hydrogen-bond donors (Lipinski definition) is 1. The van der Waals surface area contributed by atoms with E-state index < -0.39 is 130 Å². The average molecular weight is 1230 g/mol. The number of carbonyl (C=O) groups is 8. The molecule has 0 radical (unpaired) electrons. The number of morpholine rings is 1. The largest absolute Gasteiger partial charge is 0.503 e. The Kier molecular flexibility index (Phi) is 24.3. The maximum atomic E-state index is 14.6. The third kappa shape index (κ3) is 23.6. The van der Waals surface area contributed by atoms with Crippen molar-refractivity contribution in [2.75, 3.05) is 0 Å². The third-order valence-corrected chi connectivity index (χ3v) is 12.7. The van der Waals surface area contributed by atoms with Gasteiger partial charge in [0.05, 0.1) is 0 Å². The molecule has 21 nitrogen and oxygen atoms in total. The molecule has 488 valence electrons. The second kappa shape index (κ2) is 29.2. The van der Waals surface area contributed by atoms with Gasteiger partial charge in [-0.2, -0.15) is 9.80 Å². The van der Waals surface area contributed by atoms with E-state index in [4.69, 9.17) is 37.9 Å². The van der Waals surface area contributed by atoms with E-state index in [1.54, 1.807) is 156 Å². The number of benzene rings is 2. The smallest absolute Gasteiger partial charge is 0.420 e. The number of ether oxygens (including phenoxy) is 8. The van der Waals surface area contributed by atoms with Gasteiger partial charge in [-0.05, 0) is 182 Å². The number of amides is 5. The zero-order chi connectivity index (χ0) is 66.7. The highest BCUT2D eigenvalue weighted by Gasteiger charge is 2.50. The summed E-state index contributed by atoms with van der Waals surface area (Å²) < 4.78 is 48.5. The van der Waals surface area contributed by atoms with Crippen molar-refractivity contribution in [3.8, 4) is 5.75 Å². The Labute approximate surface area is 520 Å². The van der Waals surface area contributed by atoms with E-state index >= 15 is 0 Å². The van der Waals surface area contributed by atoms with Gasteiger partial charge in [0.2, 0.25) is 6.20 Å². The Bertz CT molecular complexity index is 2840. The number of rotatable bonds is 18. The molecule has 1 saturated heterocycles. The van der Waals surface area contributed by atoms with Gasteiger partial charge in [0.1, 0.15) is 69.9 Å². The lowest BCUT2D eigenvalue weighted by molar-refractivity contribution is -0.698. The van der Waals surface area contributed by atoms with Crippen molar-refractivity contribution in [2.45, 2.75) is 273 Å². The van der Waals surface area contributed by atoms with E-state index in [0.29, 0.717) is 41.0 Å². The minimum Gasteiger partial charge on any atom is -0.503 e. The summed E-state index contributed by atoms with van der Waals surface area (Å²) >= 11 is 0. The molecule has 4 rings (SSSR count). The monoisotopic (exact) mass is 1230 g/mol. The second-order valence-electron chi connectivity index (χ2n) is 29.1. The highest BCUT2D eigenvalue weighted by molar-refractivity contribution is 5.95. The van der Waals surface area contributed by atoms with Crippen molar-refractivity contribution in [2.24, 2.45) is 0 Å². The van der Waals surface area contributed by atoms with Crippen LogP contribution in [0, 0.1) is 0 Å². The Balaban J connectivity index is 1.83. The number of aromatic nitrogens is 1. The number of unbranched alkanes of at least 4 members (excludes halogenated alkanes) is 3. The zero-order valence-electron chi connectivity index (χ0n) is 55.9. The van der Waals surface area contributed by atoms with Gasteiger partial charge < -0.3 is 43.0 Å². The van der Waals surface area contributed by atoms with Gasteiger partial charge in [-0.3, -0.25) is 4.90 Å². The van der Waals surface area contributed by atoms with Crippen molar-refractivity contribution >= 4 is 48.4 Å². The molecular weight excluding hydrogens is 1130 g/mol. The molecule has 1 N–H and O–H groups in total. The molecule has 1 fully saturated rings. The lowest BCUT2D eigenvalue weighted by Gasteiger charge is -2.45. The van der Waals surface area contributed by atoms with Gasteiger partial charge in [0.15, 0.2) is 18.1 Å². The van der Waals surface area contributed by atoms with Gasteiger partial charge in [0, 0.05) is 24.0 Å². The van der Waals surface area contributed by atoms with Crippen molar-refractivity contribution in [1.82, 2.24) is 14.7 Å². The fourth-order valence-corrected chi connectivity index (χ4v) is 9.45. The van der Waals surface area contributed by atoms with E-state index in [-0.39, 0.29) is 36.9 Å². The van der Waals surface area contributed by atoms with E-state index in [1.165, 1.54) is 11.1 Å². The summed E-state index contributed by atoms with van der Waals surface area (Å²) in [6, 6.07) is 13.4. The van der Waals surface area contributed by atoms with Gasteiger partial charge in [0.25, 0.3) is 0 Å². The SMILES string of the molecule is CC(C)(C)OC(=O)[C@H](CCc1c[n+](CCCCCC[C@H]2C(=O)O[C@H](c3ccccc3)[C@H](c3ccccc3)N2C(=O)OC(C)(C)C)cc(O)c1C[C@@H](C(=O)OC(C)(C)C)N(C(=O)OC(C)(C)C)C(=O)OC(C)(C)C)N(C(=O)OC(C)(C)C)C(=O)OC(C)(C)C. The molecule has 2 heterocycles. The molecule has 3 aromatic rings. The normalized spacial score (nSPS) is 16.7. The van der Waals surface area contributed by atoms with E-state index in [9.17, 15) is 43.5 Å². The molecule has 5 atom stereocenters. The van der Waals surface area contributed by atoms with Crippen LogP contribution in [-0.2, 0) is 71.7 Å². The van der Waals surface area contributed by atoms with Crippen LogP contribution in [0.5, 0.6) is 5.75 Å². The summed E-state index contributed by atoms with van der Waals surface area (Å²) in [5.74, 6) is -3.01. The molecule has 2 aromatic carbocycles. The van der Waals surface area contributed by atoms with Crippen molar-refractivity contribution in [3.63, 3.8) is 0 Å². The van der Waals surface area contributed by atoms with Crippen molar-refractivity contribution < 1.29 is 85.9 Å². The first kappa shape index (κ1) is 73.0. The topological polar surface area (TPSA) is 244 Å². The zero-order valence-corrected chi connectivity index (χ0v) is 55.9. The molecule has 1 aromatic heterocycles. The third-order valence-electron chi connectivity index (χ3n) is 12.7. The molecule has 0 saturated carbocycles. The molecule has 88 heavy (non-hydrogen) atoms. The lowest BCUT2D eigenvalue weighted by atomic mass is 9.90. The Hall–Kier alpha value is -7.45. The number of imide groups is 2. The van der Waals surface area contributed by atoms with Crippen LogP contribution in [0.15, 0.2) is 73.1 Å². The van der Waals surface area contributed by atoms with Gasteiger partial charge in [-0.1, -0.05) is 73.5 Å². The molecule has 1 aliphatic rings. The minimum atomic E-state index is -1.84. The number of nitrogens with zero attached hydrogens (tertiary/aromatic N) is 4. The van der Waals surface area contributed by atoms with Crippen molar-refractivity contribution in [1.29, 1.82) is 0 Å². The first-order valence-corrected chi connectivity index (χ1v) is 30.2. The molecule has 0 bridgehead atoms. The maximum absolute atomic E-state index is 14.6. The number of carbonyl (C=O) groups excluding carboxylic acids is 8. The van der Waals surface area contributed by atoms with Gasteiger partial charge >= 0.3 is 48.4 Å². The van der Waals surface area contributed by atoms with Crippen LogP contribution in [0.1, 0.15) is 218 Å². The summed E-state index contributed by atoms with van der Waals surface area (Å²) in [7, 11) is 0. The van der Waals surface area contributed by atoms with Crippen LogP contribution in [0.4, 0.5) is 24.0 Å². The number of esters is 3. The van der Waals surface area contributed by atoms with Crippen LogP contribution in [0.25, 0.3) is 0 Å². The molecule has 0 aliphatic carbocycles.